The molecule has 8 nitrogen and oxygen atoms in total. The molecule has 0 aliphatic heterocycles. The van der Waals surface area contributed by atoms with Gasteiger partial charge in [0.25, 0.3) is 0 Å². The van der Waals surface area contributed by atoms with Gasteiger partial charge in [0.05, 0.1) is 11.1 Å². The van der Waals surface area contributed by atoms with E-state index in [0.29, 0.717) is 17.0 Å². The monoisotopic (exact) mass is 487 g/mol. The molecule has 0 heterocycles. The van der Waals surface area contributed by atoms with Crippen molar-refractivity contribution in [1.29, 1.82) is 0 Å². The number of hydrogen-bond acceptors (Lipinski definition) is 8. The number of carbonyl (C=O) groups is 2. The summed E-state index contributed by atoms with van der Waals surface area (Å²) in [6.45, 7) is 4.41. The number of rotatable bonds is 3. The second-order valence-corrected chi connectivity index (χ2v) is 6.04. The molecule has 0 unspecified atom stereocenters. The summed E-state index contributed by atoms with van der Waals surface area (Å²) in [4.78, 5) is 31.9. The molecule has 9 heteroatoms. The van der Waals surface area contributed by atoms with Crippen molar-refractivity contribution in [3.8, 4) is 0 Å². The van der Waals surface area contributed by atoms with Crippen molar-refractivity contribution in [3.63, 3.8) is 0 Å². The fourth-order valence-corrected chi connectivity index (χ4v) is 2.16. The molecule has 0 aliphatic rings. The first-order chi connectivity index (χ1) is 15.1. The van der Waals surface area contributed by atoms with Gasteiger partial charge in [0, 0.05) is 0 Å². The molecule has 0 saturated heterocycles. The average molecular weight is 487 g/mol. The molecular formula is C23H24CoO8. The Morgan fingerprint density at radius 3 is 1.16 bits per heavy atom. The maximum atomic E-state index is 11.5. The van der Waals surface area contributed by atoms with Gasteiger partial charge in [-0.15, -0.1) is 0 Å². The molecule has 3 aromatic rings. The maximum Gasteiger partial charge on any atom is 2.00 e. The normalized spacial score (nSPS) is 8.59. The molecule has 173 valence electrons. The van der Waals surface area contributed by atoms with Gasteiger partial charge in [0.2, 0.25) is 0 Å². The van der Waals surface area contributed by atoms with Gasteiger partial charge in [0.15, 0.2) is 0 Å². The van der Waals surface area contributed by atoms with Gasteiger partial charge in [0.1, 0.15) is 0 Å². The predicted octanol–water partition coefficient (Wildman–Crippen LogP) is 3.06. The molecule has 1 radical (unpaired) electrons. The summed E-state index contributed by atoms with van der Waals surface area (Å²) in [5, 5.41) is 26.0. The summed E-state index contributed by atoms with van der Waals surface area (Å²) < 4.78 is 0. The van der Waals surface area contributed by atoms with E-state index < -0.39 is 11.9 Å². The molecule has 2 N–H and O–H groups in total. The Balaban J connectivity index is 0. The third-order valence-corrected chi connectivity index (χ3v) is 3.68. The minimum atomic E-state index is -0.708. The summed E-state index contributed by atoms with van der Waals surface area (Å²) in [5.74, 6) is -0.758. The molecule has 0 saturated carbocycles. The number of hydrogen-bond donors (Lipinski definition) is 2. The molecule has 0 aliphatic carbocycles. The van der Waals surface area contributed by atoms with E-state index in [-0.39, 0.29) is 16.8 Å². The average Bonchev–Trinajstić information content (AvgIpc) is 2.86. The van der Waals surface area contributed by atoms with Crippen molar-refractivity contribution in [2.75, 3.05) is 0 Å². The minimum absolute atomic E-state index is 0. The van der Waals surface area contributed by atoms with E-state index in [9.17, 15) is 9.59 Å². The van der Waals surface area contributed by atoms with E-state index in [1.807, 2.05) is 6.07 Å². The standard InChI is InChI=1S/C14H10O4.C9H12.Co.2H2O2/c15-13(11-7-3-1-4-8-11)17-18-14(16)12-9-5-2-6-10-12;1-8(2)9-6-4-3-5-7-9;;2*1-2/h1-10H;3-8H,1-2H3;;2*1-2H/q;;+2;;/p-2. The zero-order chi connectivity index (χ0) is 23.5. The summed E-state index contributed by atoms with van der Waals surface area (Å²) in [6.07, 6.45) is 0. The van der Waals surface area contributed by atoms with Crippen LogP contribution >= 0.6 is 0 Å². The molecule has 32 heavy (non-hydrogen) atoms. The van der Waals surface area contributed by atoms with E-state index in [0.717, 1.165) is 0 Å². The Kier molecular flexibility index (Phi) is 19.3. The van der Waals surface area contributed by atoms with Crippen LogP contribution in [0.15, 0.2) is 91.0 Å². The topological polar surface area (TPSA) is 139 Å². The van der Waals surface area contributed by atoms with Gasteiger partial charge in [-0.2, -0.15) is 0 Å². The molecule has 0 spiro atoms. The van der Waals surface area contributed by atoms with Crippen LogP contribution in [0.5, 0.6) is 0 Å². The van der Waals surface area contributed by atoms with Crippen molar-refractivity contribution >= 4 is 11.9 Å². The van der Waals surface area contributed by atoms with Crippen LogP contribution in [0.2, 0.25) is 0 Å². The number of benzene rings is 3. The fraction of sp³-hybridized carbons (Fsp3) is 0.130. The summed E-state index contributed by atoms with van der Waals surface area (Å²) >= 11 is 0. The molecule has 3 rings (SSSR count). The van der Waals surface area contributed by atoms with Crippen molar-refractivity contribution in [1.82, 2.24) is 0 Å². The largest absolute Gasteiger partial charge is 2.00 e. The predicted molar refractivity (Wildman–Crippen MR) is 110 cm³/mol. The van der Waals surface area contributed by atoms with Crippen LogP contribution in [0.3, 0.4) is 0 Å². The van der Waals surface area contributed by atoms with Crippen LogP contribution in [0, 0.1) is 0 Å². The van der Waals surface area contributed by atoms with E-state index >= 15 is 0 Å². The van der Waals surface area contributed by atoms with Crippen LogP contribution in [0.1, 0.15) is 46.0 Å². The summed E-state index contributed by atoms with van der Waals surface area (Å²) in [7, 11) is 0. The van der Waals surface area contributed by atoms with E-state index in [1.54, 1.807) is 60.7 Å². The molecule has 0 aromatic heterocycles. The van der Waals surface area contributed by atoms with Gasteiger partial charge in [-0.1, -0.05) is 80.6 Å². The van der Waals surface area contributed by atoms with Gasteiger partial charge in [-0.25, -0.2) is 19.4 Å². The van der Waals surface area contributed by atoms with Crippen molar-refractivity contribution in [2.24, 2.45) is 0 Å². The zero-order valence-corrected chi connectivity index (χ0v) is 18.5. The SMILES string of the molecule is CC(C)c1ccccc1.O=C(OOC(=O)c1ccccc1)c1ccccc1.[Co+2].[O-]O.[O-]O. The molecule has 0 fully saturated rings. The second kappa shape index (κ2) is 19.9. The summed E-state index contributed by atoms with van der Waals surface area (Å²) in [5.41, 5.74) is 2.05. The minimum Gasteiger partial charge on any atom is -0.727 e. The smallest absolute Gasteiger partial charge is 0.727 e. The van der Waals surface area contributed by atoms with Gasteiger partial charge < -0.3 is 21.0 Å². The Morgan fingerprint density at radius 2 is 0.906 bits per heavy atom. The number of carbonyl (C=O) groups excluding carboxylic acids is 2. The second-order valence-electron chi connectivity index (χ2n) is 6.04. The van der Waals surface area contributed by atoms with Crippen LogP contribution < -0.4 is 10.5 Å². The van der Waals surface area contributed by atoms with Gasteiger partial charge in [-0.05, 0) is 35.7 Å². The third kappa shape index (κ3) is 12.6. The van der Waals surface area contributed by atoms with Gasteiger partial charge in [-0.3, -0.25) is 0 Å². The first-order valence-corrected chi connectivity index (χ1v) is 9.02. The molecule has 0 amide bonds. The van der Waals surface area contributed by atoms with Crippen molar-refractivity contribution < 1.29 is 57.2 Å². The first-order valence-electron chi connectivity index (χ1n) is 9.02. The van der Waals surface area contributed by atoms with Crippen LogP contribution in [-0.4, -0.2) is 22.5 Å². The maximum absolute atomic E-state index is 11.5. The Bertz CT molecular complexity index is 792. The van der Waals surface area contributed by atoms with Crippen LogP contribution in [0.25, 0.3) is 0 Å². The Morgan fingerprint density at radius 1 is 0.625 bits per heavy atom. The van der Waals surface area contributed by atoms with E-state index in [2.05, 4.69) is 47.9 Å². The Labute approximate surface area is 196 Å². The van der Waals surface area contributed by atoms with Crippen molar-refractivity contribution in [2.45, 2.75) is 19.8 Å². The van der Waals surface area contributed by atoms with Gasteiger partial charge >= 0.3 is 28.7 Å². The molecule has 0 atom stereocenters. The van der Waals surface area contributed by atoms with E-state index in [1.165, 1.54) is 5.56 Å². The molecule has 0 bridgehead atoms. The fourth-order valence-electron chi connectivity index (χ4n) is 2.16. The molecular weight excluding hydrogens is 463 g/mol. The zero-order valence-electron chi connectivity index (χ0n) is 17.4. The first kappa shape index (κ1) is 31.1. The van der Waals surface area contributed by atoms with Crippen LogP contribution in [-0.2, 0) is 26.6 Å². The van der Waals surface area contributed by atoms with Crippen molar-refractivity contribution in [3.05, 3.63) is 108 Å². The Hall–Kier alpha value is -3.05. The third-order valence-electron chi connectivity index (χ3n) is 3.68. The summed E-state index contributed by atoms with van der Waals surface area (Å²) in [6, 6.07) is 27.1. The quantitative estimate of drug-likeness (QED) is 0.425. The molecule has 3 aromatic carbocycles. The van der Waals surface area contributed by atoms with E-state index in [4.69, 9.17) is 21.0 Å². The van der Waals surface area contributed by atoms with Crippen LogP contribution in [0.4, 0.5) is 0 Å².